The van der Waals surface area contributed by atoms with Crippen molar-refractivity contribution >= 4 is 11.9 Å². The van der Waals surface area contributed by atoms with E-state index in [9.17, 15) is 9.59 Å². The zero-order valence-electron chi connectivity index (χ0n) is 10.2. The number of carbonyl (C=O) groups is 2. The van der Waals surface area contributed by atoms with E-state index >= 15 is 0 Å². The Balaban J connectivity index is 5.06. The summed E-state index contributed by atoms with van der Waals surface area (Å²) in [6.45, 7) is 7.29. The quantitative estimate of drug-likeness (QED) is 0.409. The maximum atomic E-state index is 11.5. The molecule has 0 unspecified atom stereocenters. The molecule has 0 amide bonds. The second-order valence-corrected chi connectivity index (χ2v) is 2.98. The van der Waals surface area contributed by atoms with Gasteiger partial charge in [0.1, 0.15) is 0 Å². The monoisotopic (exact) mass is 226 g/mol. The molecule has 0 aromatic carbocycles. The third-order valence-electron chi connectivity index (χ3n) is 1.81. The van der Waals surface area contributed by atoms with Gasteiger partial charge in [-0.25, -0.2) is 9.59 Å². The zero-order chi connectivity index (χ0) is 12.6. The van der Waals surface area contributed by atoms with E-state index in [2.05, 4.69) is 0 Å². The minimum Gasteiger partial charge on any atom is -0.463 e. The summed E-state index contributed by atoms with van der Waals surface area (Å²) < 4.78 is 9.67. The van der Waals surface area contributed by atoms with Crippen LogP contribution < -0.4 is 0 Å². The van der Waals surface area contributed by atoms with E-state index in [1.54, 1.807) is 39.8 Å². The summed E-state index contributed by atoms with van der Waals surface area (Å²) >= 11 is 0. The van der Waals surface area contributed by atoms with Gasteiger partial charge in [-0.1, -0.05) is 12.2 Å². The fraction of sp³-hybridized carbons (Fsp3) is 0.500. The first-order valence-electron chi connectivity index (χ1n) is 5.26. The van der Waals surface area contributed by atoms with Crippen molar-refractivity contribution in [2.45, 2.75) is 27.7 Å². The summed E-state index contributed by atoms with van der Waals surface area (Å²) in [7, 11) is 0. The summed E-state index contributed by atoms with van der Waals surface area (Å²) in [6.07, 6.45) is 3.22. The molecular formula is C12H18O4. The number of esters is 2. The van der Waals surface area contributed by atoms with E-state index in [0.717, 1.165) is 0 Å². The Kier molecular flexibility index (Phi) is 6.92. The van der Waals surface area contributed by atoms with E-state index in [1.807, 2.05) is 0 Å². The van der Waals surface area contributed by atoms with Crippen LogP contribution in [-0.2, 0) is 19.1 Å². The lowest BCUT2D eigenvalue weighted by Crippen LogP contribution is -2.14. The Morgan fingerprint density at radius 3 is 2.00 bits per heavy atom. The minimum atomic E-state index is -0.508. The molecule has 0 aliphatic rings. The van der Waals surface area contributed by atoms with Gasteiger partial charge in [-0.3, -0.25) is 0 Å². The minimum absolute atomic E-state index is 0.239. The molecule has 16 heavy (non-hydrogen) atoms. The molecule has 0 saturated heterocycles. The lowest BCUT2D eigenvalue weighted by atomic mass is 10.1. The van der Waals surface area contributed by atoms with Gasteiger partial charge in [-0.2, -0.15) is 0 Å². The molecule has 0 aliphatic carbocycles. The maximum Gasteiger partial charge on any atom is 0.338 e. The van der Waals surface area contributed by atoms with Crippen LogP contribution in [0.15, 0.2) is 23.3 Å². The molecule has 0 aliphatic heterocycles. The average Bonchev–Trinajstić information content (AvgIpc) is 2.25. The first kappa shape index (κ1) is 14.4. The highest BCUT2D eigenvalue weighted by molar-refractivity contribution is 6.02. The van der Waals surface area contributed by atoms with Gasteiger partial charge < -0.3 is 9.47 Å². The summed E-state index contributed by atoms with van der Waals surface area (Å²) in [4.78, 5) is 23.0. The van der Waals surface area contributed by atoms with Crippen LogP contribution in [0.1, 0.15) is 27.7 Å². The molecule has 0 aromatic rings. The van der Waals surface area contributed by atoms with Crippen molar-refractivity contribution in [3.05, 3.63) is 23.3 Å². The molecule has 0 bridgehead atoms. The van der Waals surface area contributed by atoms with Gasteiger partial charge >= 0.3 is 11.9 Å². The second-order valence-electron chi connectivity index (χ2n) is 2.98. The van der Waals surface area contributed by atoms with Gasteiger partial charge in [0, 0.05) is 5.57 Å². The predicted octanol–water partition coefficient (Wildman–Crippen LogP) is 2.01. The maximum absolute atomic E-state index is 11.5. The lowest BCUT2D eigenvalue weighted by Gasteiger charge is -2.07. The summed E-state index contributed by atoms with van der Waals surface area (Å²) in [5, 5.41) is 0. The van der Waals surface area contributed by atoms with Crippen molar-refractivity contribution < 1.29 is 19.1 Å². The van der Waals surface area contributed by atoms with Gasteiger partial charge in [-0.15, -0.1) is 0 Å². The van der Waals surface area contributed by atoms with Crippen molar-refractivity contribution in [3.63, 3.8) is 0 Å². The lowest BCUT2D eigenvalue weighted by molar-refractivity contribution is -0.141. The summed E-state index contributed by atoms with van der Waals surface area (Å²) in [5.74, 6) is -1.00. The first-order chi connectivity index (χ1) is 7.58. The van der Waals surface area contributed by atoms with Crippen LogP contribution in [0.5, 0.6) is 0 Å². The standard InChI is InChI=1S/C12H18O4/c1-5-8-10(12(14)16-7-3)9(4)11(13)15-6-2/h5,8H,6-7H2,1-4H3/b8-5-,10-9-. The smallest absolute Gasteiger partial charge is 0.338 e. The van der Waals surface area contributed by atoms with Gasteiger partial charge in [-0.05, 0) is 27.7 Å². The van der Waals surface area contributed by atoms with Gasteiger partial charge in [0.25, 0.3) is 0 Å². The van der Waals surface area contributed by atoms with E-state index in [4.69, 9.17) is 9.47 Å². The molecule has 4 heteroatoms. The molecule has 0 radical (unpaired) electrons. The van der Waals surface area contributed by atoms with Crippen LogP contribution >= 0.6 is 0 Å². The fourth-order valence-electron chi connectivity index (χ4n) is 1.07. The van der Waals surface area contributed by atoms with Gasteiger partial charge in [0.2, 0.25) is 0 Å². The van der Waals surface area contributed by atoms with Gasteiger partial charge in [0.05, 0.1) is 18.8 Å². The molecule has 0 saturated carbocycles. The van der Waals surface area contributed by atoms with Crippen LogP contribution in [0.4, 0.5) is 0 Å². The summed E-state index contributed by atoms with van der Waals surface area (Å²) in [6, 6.07) is 0. The molecule has 4 nitrogen and oxygen atoms in total. The van der Waals surface area contributed by atoms with Crippen molar-refractivity contribution in [2.24, 2.45) is 0 Å². The Hall–Kier alpha value is -1.58. The molecule has 0 heterocycles. The number of carbonyl (C=O) groups excluding carboxylic acids is 2. The van der Waals surface area contributed by atoms with E-state index in [0.29, 0.717) is 0 Å². The molecule has 90 valence electrons. The Morgan fingerprint density at radius 1 is 1.06 bits per heavy atom. The molecule has 0 rings (SSSR count). The number of hydrogen-bond acceptors (Lipinski definition) is 4. The highest BCUT2D eigenvalue weighted by Gasteiger charge is 2.16. The third kappa shape index (κ3) is 4.29. The van der Waals surface area contributed by atoms with Crippen molar-refractivity contribution in [1.29, 1.82) is 0 Å². The van der Waals surface area contributed by atoms with E-state index < -0.39 is 11.9 Å². The average molecular weight is 226 g/mol. The van der Waals surface area contributed by atoms with Crippen molar-refractivity contribution in [3.8, 4) is 0 Å². The largest absolute Gasteiger partial charge is 0.463 e. The number of allylic oxidation sites excluding steroid dienone is 1. The third-order valence-corrected chi connectivity index (χ3v) is 1.81. The van der Waals surface area contributed by atoms with Crippen molar-refractivity contribution in [2.75, 3.05) is 13.2 Å². The molecule has 0 spiro atoms. The molecule has 0 fully saturated rings. The molecule has 0 atom stereocenters. The SMILES string of the molecule is C/C=C\C(C(=O)OCC)=C(/C)C(=O)OCC. The molecule has 0 N–H and O–H groups in total. The topological polar surface area (TPSA) is 52.6 Å². The fourth-order valence-corrected chi connectivity index (χ4v) is 1.07. The number of hydrogen-bond donors (Lipinski definition) is 0. The Morgan fingerprint density at radius 2 is 1.56 bits per heavy atom. The highest BCUT2D eigenvalue weighted by atomic mass is 16.5. The number of ether oxygens (including phenoxy) is 2. The molecule has 0 aromatic heterocycles. The van der Waals surface area contributed by atoms with Crippen LogP contribution in [0.25, 0.3) is 0 Å². The predicted molar refractivity (Wildman–Crippen MR) is 60.8 cm³/mol. The van der Waals surface area contributed by atoms with E-state index in [1.165, 1.54) is 0 Å². The Bertz CT molecular complexity index is 313. The van der Waals surface area contributed by atoms with Crippen LogP contribution in [0, 0.1) is 0 Å². The summed E-state index contributed by atoms with van der Waals surface area (Å²) in [5.41, 5.74) is 0.501. The molecular weight excluding hydrogens is 208 g/mol. The van der Waals surface area contributed by atoms with Crippen molar-refractivity contribution in [1.82, 2.24) is 0 Å². The van der Waals surface area contributed by atoms with Crippen LogP contribution in [-0.4, -0.2) is 25.2 Å². The highest BCUT2D eigenvalue weighted by Crippen LogP contribution is 2.10. The van der Waals surface area contributed by atoms with Gasteiger partial charge in [0.15, 0.2) is 0 Å². The second kappa shape index (κ2) is 7.68. The normalized spacial score (nSPS) is 12.2. The first-order valence-corrected chi connectivity index (χ1v) is 5.26. The Labute approximate surface area is 95.9 Å². The zero-order valence-corrected chi connectivity index (χ0v) is 10.2. The number of rotatable bonds is 5. The van der Waals surface area contributed by atoms with Crippen LogP contribution in [0.3, 0.4) is 0 Å². The van der Waals surface area contributed by atoms with Crippen LogP contribution in [0.2, 0.25) is 0 Å². The van der Waals surface area contributed by atoms with E-state index in [-0.39, 0.29) is 24.4 Å².